The van der Waals surface area contributed by atoms with Crippen LogP contribution in [0.1, 0.15) is 41.5 Å². The molecule has 0 unspecified atom stereocenters. The Bertz CT molecular complexity index is 62.9. The van der Waals surface area contributed by atoms with E-state index in [1.54, 1.807) is 0 Å². The van der Waals surface area contributed by atoms with Crippen LogP contribution in [0.5, 0.6) is 0 Å². The Kier molecular flexibility index (Phi) is 52.7. The van der Waals surface area contributed by atoms with Crippen molar-refractivity contribution in [1.29, 1.82) is 0 Å². The molecule has 0 saturated heterocycles. The van der Waals surface area contributed by atoms with Gasteiger partial charge >= 0.3 is 0 Å². The van der Waals surface area contributed by atoms with Crippen LogP contribution < -0.4 is 5.32 Å². The molecule has 0 aliphatic carbocycles. The normalized spacial score (nSPS) is 8.18. The second-order valence-electron chi connectivity index (χ2n) is 1.17. The molecular weight excluding hydrogens is 134 g/mol. The average molecular weight is 157 g/mol. The van der Waals surface area contributed by atoms with E-state index in [4.69, 9.17) is 0 Å². The van der Waals surface area contributed by atoms with E-state index in [1.807, 2.05) is 66.1 Å². The van der Waals surface area contributed by atoms with Gasteiger partial charge in [0.1, 0.15) is 0 Å². The molecule has 0 aliphatic rings. The Morgan fingerprint density at radius 1 is 0.727 bits per heavy atom. The molecule has 1 nitrogen and oxygen atoms in total. The Labute approximate surface area is 72.2 Å². The molecule has 1 N–H and O–H groups in total. The van der Waals surface area contributed by atoms with Crippen LogP contribution in [0.25, 0.3) is 0 Å². The monoisotopic (exact) mass is 157 g/mol. The molecule has 1 heteroatoms. The van der Waals surface area contributed by atoms with Crippen LogP contribution in [0.2, 0.25) is 0 Å². The molecule has 68 valence electrons. The predicted octanol–water partition coefficient (Wildman–Crippen LogP) is 3.70. The quantitative estimate of drug-likeness (QED) is 0.644. The maximum Gasteiger partial charge on any atom is -0.00386 e. The van der Waals surface area contributed by atoms with Crippen molar-refractivity contribution in [3.63, 3.8) is 0 Å². The van der Waals surface area contributed by atoms with Crippen molar-refractivity contribution in [3.05, 3.63) is 24.6 Å². The first kappa shape index (κ1) is 16.7. The number of rotatable bonds is 2. The van der Waals surface area contributed by atoms with Gasteiger partial charge in [-0.15, -0.1) is 0 Å². The van der Waals surface area contributed by atoms with Crippen molar-refractivity contribution in [2.45, 2.75) is 41.5 Å². The van der Waals surface area contributed by atoms with Gasteiger partial charge in [0.05, 0.1) is 0 Å². The van der Waals surface area contributed by atoms with Crippen LogP contribution in [0.15, 0.2) is 24.6 Å². The summed E-state index contributed by atoms with van der Waals surface area (Å²) in [5, 5.41) is 2.92. The summed E-state index contributed by atoms with van der Waals surface area (Å²) in [7, 11) is 0. The summed E-state index contributed by atoms with van der Waals surface area (Å²) in [4.78, 5) is 0. The van der Waals surface area contributed by atoms with Gasteiger partial charge in [-0.25, -0.2) is 0 Å². The lowest BCUT2D eigenvalue weighted by molar-refractivity contribution is 1.18. The average Bonchev–Trinajstić information content (AvgIpc) is 2.13. The molecule has 11 heavy (non-hydrogen) atoms. The van der Waals surface area contributed by atoms with Crippen molar-refractivity contribution in [1.82, 2.24) is 5.32 Å². The summed E-state index contributed by atoms with van der Waals surface area (Å²) in [6.45, 7) is 11.9. The second-order valence-corrected chi connectivity index (χ2v) is 1.17. The molecule has 0 aromatic carbocycles. The fraction of sp³-hybridized carbons (Fsp3) is 0.600. The van der Waals surface area contributed by atoms with E-state index in [0.29, 0.717) is 0 Å². The number of allylic oxidation sites excluding steroid dienone is 2. The fourth-order valence-electron chi connectivity index (χ4n) is 0.248. The highest BCUT2D eigenvalue weighted by Crippen LogP contribution is 1.64. The van der Waals surface area contributed by atoms with Gasteiger partial charge in [-0.05, 0) is 26.2 Å². The van der Waals surface area contributed by atoms with E-state index in [1.165, 1.54) is 0 Å². The lowest BCUT2D eigenvalue weighted by Gasteiger charge is -1.81. The smallest absolute Gasteiger partial charge is 0.00386 e. The first-order valence-electron chi connectivity index (χ1n) is 4.40. The van der Waals surface area contributed by atoms with Crippen LogP contribution >= 0.6 is 0 Å². The summed E-state index contributed by atoms with van der Waals surface area (Å²) in [6.07, 6.45) is 7.64. The molecule has 0 aliphatic heterocycles. The molecule has 0 amide bonds. The van der Waals surface area contributed by atoms with Gasteiger partial charge < -0.3 is 5.32 Å². The maximum absolute atomic E-state index is 2.92. The van der Waals surface area contributed by atoms with E-state index in [9.17, 15) is 0 Å². The standard InChI is InChI=1S/C6H11N.2C2H6/c1-3-5-7-6-4-2;2*1-2/h3-7H,1-2H3;2*1-2H3/b5-3-,6-4-;;. The lowest BCUT2D eigenvalue weighted by Crippen LogP contribution is -1.88. The van der Waals surface area contributed by atoms with Gasteiger partial charge in [-0.2, -0.15) is 0 Å². The SMILES string of the molecule is C/C=C\N/C=C\C.CC.CC. The van der Waals surface area contributed by atoms with Crippen LogP contribution in [0.4, 0.5) is 0 Å². The molecular formula is C10H23N. The van der Waals surface area contributed by atoms with E-state index in [0.717, 1.165) is 0 Å². The van der Waals surface area contributed by atoms with Gasteiger partial charge in [-0.1, -0.05) is 39.8 Å². The Morgan fingerprint density at radius 3 is 1.18 bits per heavy atom. The summed E-state index contributed by atoms with van der Waals surface area (Å²) >= 11 is 0. The highest BCUT2D eigenvalue weighted by molar-refractivity contribution is 4.83. The highest BCUT2D eigenvalue weighted by Gasteiger charge is 1.55. The molecule has 0 bridgehead atoms. The molecule has 0 saturated carbocycles. The largest absolute Gasteiger partial charge is 0.368 e. The van der Waals surface area contributed by atoms with E-state index in [2.05, 4.69) is 5.32 Å². The van der Waals surface area contributed by atoms with E-state index >= 15 is 0 Å². The summed E-state index contributed by atoms with van der Waals surface area (Å²) in [5.41, 5.74) is 0. The first-order valence-corrected chi connectivity index (χ1v) is 4.40. The Balaban J connectivity index is -0.000000138. The molecule has 0 radical (unpaired) electrons. The maximum atomic E-state index is 2.92. The molecule has 0 aromatic rings. The zero-order chi connectivity index (χ0) is 9.54. The van der Waals surface area contributed by atoms with Crippen LogP contribution in [0.3, 0.4) is 0 Å². The van der Waals surface area contributed by atoms with Crippen molar-refractivity contribution in [2.24, 2.45) is 0 Å². The first-order chi connectivity index (χ1) is 5.41. The zero-order valence-electron chi connectivity index (χ0n) is 8.81. The van der Waals surface area contributed by atoms with Crippen molar-refractivity contribution in [3.8, 4) is 0 Å². The number of nitrogens with one attached hydrogen (secondary N) is 1. The van der Waals surface area contributed by atoms with Crippen LogP contribution in [-0.4, -0.2) is 0 Å². The lowest BCUT2D eigenvalue weighted by atomic mass is 10.6. The summed E-state index contributed by atoms with van der Waals surface area (Å²) in [6, 6.07) is 0. The van der Waals surface area contributed by atoms with Gasteiger partial charge in [0, 0.05) is 0 Å². The Morgan fingerprint density at radius 2 is 1.00 bits per heavy atom. The predicted molar refractivity (Wildman–Crippen MR) is 55.5 cm³/mol. The minimum atomic E-state index is 1.88. The number of hydrogen-bond acceptors (Lipinski definition) is 1. The third-order valence-corrected chi connectivity index (χ3v) is 0.526. The Hall–Kier alpha value is -0.720. The van der Waals surface area contributed by atoms with Crippen molar-refractivity contribution >= 4 is 0 Å². The molecule has 0 rings (SSSR count). The van der Waals surface area contributed by atoms with Gasteiger partial charge in [-0.3, -0.25) is 0 Å². The highest BCUT2D eigenvalue weighted by atomic mass is 14.8. The third-order valence-electron chi connectivity index (χ3n) is 0.526. The van der Waals surface area contributed by atoms with Gasteiger partial charge in [0.15, 0.2) is 0 Å². The molecule has 0 spiro atoms. The second kappa shape index (κ2) is 34.7. The number of hydrogen-bond donors (Lipinski definition) is 1. The molecule has 0 atom stereocenters. The molecule has 0 heterocycles. The van der Waals surface area contributed by atoms with E-state index in [-0.39, 0.29) is 0 Å². The topological polar surface area (TPSA) is 12.0 Å². The summed E-state index contributed by atoms with van der Waals surface area (Å²) in [5.74, 6) is 0. The van der Waals surface area contributed by atoms with E-state index < -0.39 is 0 Å². The van der Waals surface area contributed by atoms with Gasteiger partial charge in [0.2, 0.25) is 0 Å². The fourth-order valence-corrected chi connectivity index (χ4v) is 0.248. The minimum absolute atomic E-state index is 1.88. The van der Waals surface area contributed by atoms with Crippen molar-refractivity contribution in [2.75, 3.05) is 0 Å². The van der Waals surface area contributed by atoms with Crippen molar-refractivity contribution < 1.29 is 0 Å². The molecule has 0 aromatic heterocycles. The van der Waals surface area contributed by atoms with Crippen LogP contribution in [0, 0.1) is 0 Å². The van der Waals surface area contributed by atoms with Crippen LogP contribution in [-0.2, 0) is 0 Å². The zero-order valence-corrected chi connectivity index (χ0v) is 8.81. The van der Waals surface area contributed by atoms with Gasteiger partial charge in [0.25, 0.3) is 0 Å². The third kappa shape index (κ3) is 45.7. The molecule has 0 fully saturated rings. The minimum Gasteiger partial charge on any atom is -0.368 e. The summed E-state index contributed by atoms with van der Waals surface area (Å²) < 4.78 is 0.